The average molecular weight is 316 g/mol. The van der Waals surface area contributed by atoms with E-state index in [1.54, 1.807) is 6.92 Å². The molecule has 18 heavy (non-hydrogen) atoms. The number of hydrogen-bond acceptors (Lipinski definition) is 4. The van der Waals surface area contributed by atoms with Gasteiger partial charge in [0.25, 0.3) is 5.69 Å². The second-order valence-corrected chi connectivity index (χ2v) is 5.13. The summed E-state index contributed by atoms with van der Waals surface area (Å²) in [5.74, 6) is -0.377. The maximum atomic E-state index is 11.9. The Hall–Kier alpha value is -1.43. The van der Waals surface area contributed by atoms with Gasteiger partial charge in [-0.05, 0) is 34.8 Å². The SMILES string of the molecule is CC(C)C(C)OC(=O)c1cc([N+](=O)[O-])ccc1Br. The van der Waals surface area contributed by atoms with Gasteiger partial charge >= 0.3 is 5.97 Å². The fourth-order valence-corrected chi connectivity index (χ4v) is 1.56. The zero-order valence-corrected chi connectivity index (χ0v) is 11.9. The predicted molar refractivity (Wildman–Crippen MR) is 70.5 cm³/mol. The van der Waals surface area contributed by atoms with Gasteiger partial charge in [0, 0.05) is 16.6 Å². The van der Waals surface area contributed by atoms with Gasteiger partial charge in [-0.25, -0.2) is 4.79 Å². The summed E-state index contributed by atoms with van der Waals surface area (Å²) in [6, 6.07) is 4.00. The molecule has 0 heterocycles. The monoisotopic (exact) mass is 315 g/mol. The molecule has 0 fully saturated rings. The van der Waals surface area contributed by atoms with Crippen molar-refractivity contribution in [2.45, 2.75) is 26.9 Å². The molecule has 0 aliphatic rings. The van der Waals surface area contributed by atoms with Crippen LogP contribution < -0.4 is 0 Å². The summed E-state index contributed by atoms with van der Waals surface area (Å²) >= 11 is 3.18. The number of halogens is 1. The number of benzene rings is 1. The van der Waals surface area contributed by atoms with Crippen LogP contribution >= 0.6 is 15.9 Å². The first-order valence-corrected chi connectivity index (χ1v) is 6.27. The van der Waals surface area contributed by atoms with Crippen LogP contribution in [0.3, 0.4) is 0 Å². The van der Waals surface area contributed by atoms with Crippen molar-refractivity contribution >= 4 is 27.6 Å². The van der Waals surface area contributed by atoms with Gasteiger partial charge in [-0.3, -0.25) is 10.1 Å². The van der Waals surface area contributed by atoms with Crippen molar-refractivity contribution in [3.63, 3.8) is 0 Å². The minimum absolute atomic E-state index is 0.137. The fraction of sp³-hybridized carbons (Fsp3) is 0.417. The molecule has 1 aromatic rings. The van der Waals surface area contributed by atoms with Gasteiger partial charge in [-0.2, -0.15) is 0 Å². The van der Waals surface area contributed by atoms with Crippen LogP contribution in [0, 0.1) is 16.0 Å². The lowest BCUT2D eigenvalue weighted by Crippen LogP contribution is -2.20. The smallest absolute Gasteiger partial charge is 0.339 e. The topological polar surface area (TPSA) is 69.4 Å². The molecule has 1 atom stereocenters. The van der Waals surface area contributed by atoms with E-state index >= 15 is 0 Å². The lowest BCUT2D eigenvalue weighted by molar-refractivity contribution is -0.384. The van der Waals surface area contributed by atoms with E-state index < -0.39 is 10.9 Å². The van der Waals surface area contributed by atoms with Gasteiger partial charge < -0.3 is 4.74 Å². The largest absolute Gasteiger partial charge is 0.459 e. The molecule has 98 valence electrons. The zero-order valence-electron chi connectivity index (χ0n) is 10.3. The first kappa shape index (κ1) is 14.6. The van der Waals surface area contributed by atoms with Gasteiger partial charge in [0.1, 0.15) is 6.10 Å². The number of esters is 1. The zero-order chi connectivity index (χ0) is 13.9. The third kappa shape index (κ3) is 3.53. The molecule has 1 rings (SSSR count). The number of nitro groups is 1. The number of nitro benzene ring substituents is 1. The second kappa shape index (κ2) is 5.95. The summed E-state index contributed by atoms with van der Waals surface area (Å²) < 4.78 is 5.70. The van der Waals surface area contributed by atoms with Gasteiger partial charge in [0.15, 0.2) is 0 Å². The molecular formula is C12H14BrNO4. The first-order valence-electron chi connectivity index (χ1n) is 5.48. The normalized spacial score (nSPS) is 12.3. The standard InChI is InChI=1S/C12H14BrNO4/c1-7(2)8(3)18-12(15)10-6-9(14(16)17)4-5-11(10)13/h4-8H,1-3H3. The van der Waals surface area contributed by atoms with Crippen molar-refractivity contribution in [1.29, 1.82) is 0 Å². The highest BCUT2D eigenvalue weighted by atomic mass is 79.9. The van der Waals surface area contributed by atoms with E-state index in [-0.39, 0.29) is 23.3 Å². The van der Waals surface area contributed by atoms with Crippen LogP contribution in [0.25, 0.3) is 0 Å². The molecule has 0 aliphatic heterocycles. The Balaban J connectivity index is 2.98. The van der Waals surface area contributed by atoms with Gasteiger partial charge in [0.05, 0.1) is 10.5 Å². The number of hydrogen-bond donors (Lipinski definition) is 0. The molecule has 0 bridgehead atoms. The minimum atomic E-state index is -0.563. The highest BCUT2D eigenvalue weighted by molar-refractivity contribution is 9.10. The first-order chi connectivity index (χ1) is 8.32. The summed E-state index contributed by atoms with van der Waals surface area (Å²) in [6.45, 7) is 5.65. The second-order valence-electron chi connectivity index (χ2n) is 4.28. The van der Waals surface area contributed by atoms with E-state index in [1.165, 1.54) is 18.2 Å². The van der Waals surface area contributed by atoms with Gasteiger partial charge in [-0.15, -0.1) is 0 Å². The maximum absolute atomic E-state index is 11.9. The third-order valence-corrected chi connectivity index (χ3v) is 3.30. The number of carbonyl (C=O) groups is 1. The molecule has 0 spiro atoms. The van der Waals surface area contributed by atoms with Crippen LogP contribution in [0.4, 0.5) is 5.69 Å². The molecule has 6 heteroatoms. The van der Waals surface area contributed by atoms with Crippen molar-refractivity contribution in [3.05, 3.63) is 38.3 Å². The summed E-state index contributed by atoms with van der Waals surface area (Å²) in [7, 11) is 0. The van der Waals surface area contributed by atoms with Crippen LogP contribution in [0.2, 0.25) is 0 Å². The molecule has 0 amide bonds. The van der Waals surface area contributed by atoms with Crippen molar-refractivity contribution in [2.24, 2.45) is 5.92 Å². The minimum Gasteiger partial charge on any atom is -0.459 e. The van der Waals surface area contributed by atoms with Crippen molar-refractivity contribution in [1.82, 2.24) is 0 Å². The fourth-order valence-electron chi connectivity index (χ4n) is 1.15. The Labute approximate surface area is 113 Å². The number of ether oxygens (including phenoxy) is 1. The summed E-state index contributed by atoms with van der Waals surface area (Å²) in [5, 5.41) is 10.7. The van der Waals surface area contributed by atoms with Crippen LogP contribution in [-0.2, 0) is 4.74 Å². The molecular weight excluding hydrogens is 302 g/mol. The lowest BCUT2D eigenvalue weighted by Gasteiger charge is -2.16. The number of non-ortho nitro benzene ring substituents is 1. The highest BCUT2D eigenvalue weighted by Gasteiger charge is 2.19. The van der Waals surface area contributed by atoms with Crippen LogP contribution in [0.5, 0.6) is 0 Å². The summed E-state index contributed by atoms with van der Waals surface area (Å²) in [4.78, 5) is 22.0. The molecule has 0 aliphatic carbocycles. The number of rotatable bonds is 4. The van der Waals surface area contributed by atoms with Crippen molar-refractivity contribution < 1.29 is 14.5 Å². The van der Waals surface area contributed by atoms with E-state index in [2.05, 4.69) is 15.9 Å². The molecule has 0 saturated heterocycles. The highest BCUT2D eigenvalue weighted by Crippen LogP contribution is 2.24. The predicted octanol–water partition coefficient (Wildman–Crippen LogP) is 3.56. The number of nitrogens with zero attached hydrogens (tertiary/aromatic N) is 1. The van der Waals surface area contributed by atoms with E-state index in [0.29, 0.717) is 4.47 Å². The van der Waals surface area contributed by atoms with Crippen LogP contribution in [0.15, 0.2) is 22.7 Å². The van der Waals surface area contributed by atoms with E-state index in [9.17, 15) is 14.9 Å². The third-order valence-electron chi connectivity index (χ3n) is 2.61. The maximum Gasteiger partial charge on any atom is 0.339 e. The lowest BCUT2D eigenvalue weighted by atomic mass is 10.1. The van der Waals surface area contributed by atoms with E-state index in [1.807, 2.05) is 13.8 Å². The Morgan fingerprint density at radius 1 is 1.39 bits per heavy atom. The molecule has 5 nitrogen and oxygen atoms in total. The summed E-state index contributed by atoms with van der Waals surface area (Å²) in [5.41, 5.74) is 0.0269. The van der Waals surface area contributed by atoms with Crippen molar-refractivity contribution in [3.8, 4) is 0 Å². The molecule has 0 N–H and O–H groups in total. The van der Waals surface area contributed by atoms with Gasteiger partial charge in [0.2, 0.25) is 0 Å². The van der Waals surface area contributed by atoms with Gasteiger partial charge in [-0.1, -0.05) is 13.8 Å². The molecule has 1 aromatic carbocycles. The molecule has 1 unspecified atom stereocenters. The van der Waals surface area contributed by atoms with Crippen molar-refractivity contribution in [2.75, 3.05) is 0 Å². The molecule has 0 saturated carbocycles. The Morgan fingerprint density at radius 2 is 2.00 bits per heavy atom. The van der Waals surface area contributed by atoms with E-state index in [4.69, 9.17) is 4.74 Å². The molecule has 0 aromatic heterocycles. The van der Waals surface area contributed by atoms with E-state index in [0.717, 1.165) is 0 Å². The average Bonchev–Trinajstić information content (AvgIpc) is 2.28. The Kier molecular flexibility index (Phi) is 4.84. The van der Waals surface area contributed by atoms with Crippen LogP contribution in [0.1, 0.15) is 31.1 Å². The number of carbonyl (C=O) groups excluding carboxylic acids is 1. The Morgan fingerprint density at radius 3 is 2.50 bits per heavy atom. The quantitative estimate of drug-likeness (QED) is 0.484. The Bertz CT molecular complexity index is 473. The summed E-state index contributed by atoms with van der Waals surface area (Å²) in [6.07, 6.45) is -0.247. The van der Waals surface area contributed by atoms with Crippen LogP contribution in [-0.4, -0.2) is 17.0 Å². The molecule has 0 radical (unpaired) electrons.